The van der Waals surface area contributed by atoms with Gasteiger partial charge in [-0.25, -0.2) is 4.68 Å². The fourth-order valence-corrected chi connectivity index (χ4v) is 1.55. The third kappa shape index (κ3) is 1.42. The minimum absolute atomic E-state index is 0.107. The van der Waals surface area contributed by atoms with Crippen LogP contribution in [-0.4, -0.2) is 33.4 Å². The molecule has 6 nitrogen and oxygen atoms in total. The lowest BCUT2D eigenvalue weighted by Gasteiger charge is -2.07. The summed E-state index contributed by atoms with van der Waals surface area (Å²) in [6.45, 7) is 0. The van der Waals surface area contributed by atoms with Crippen LogP contribution in [0.1, 0.15) is 18.3 Å². The smallest absolute Gasteiger partial charge is 0.168 e. The van der Waals surface area contributed by atoms with E-state index in [0.29, 0.717) is 5.92 Å². The minimum Gasteiger partial charge on any atom is -0.381 e. The first-order chi connectivity index (χ1) is 6.24. The van der Waals surface area contributed by atoms with E-state index in [2.05, 4.69) is 15.5 Å². The Hall–Kier alpha value is -1.01. The van der Waals surface area contributed by atoms with Crippen molar-refractivity contribution in [2.75, 3.05) is 7.11 Å². The van der Waals surface area contributed by atoms with Crippen LogP contribution < -0.4 is 5.73 Å². The number of rotatable bonds is 3. The van der Waals surface area contributed by atoms with Crippen LogP contribution in [0.25, 0.3) is 0 Å². The van der Waals surface area contributed by atoms with Crippen molar-refractivity contribution in [2.45, 2.75) is 18.6 Å². The van der Waals surface area contributed by atoms with Crippen LogP contribution in [0.3, 0.4) is 0 Å². The largest absolute Gasteiger partial charge is 0.381 e. The van der Waals surface area contributed by atoms with Crippen molar-refractivity contribution in [3.8, 4) is 0 Å². The van der Waals surface area contributed by atoms with E-state index in [0.717, 1.165) is 12.2 Å². The molecule has 3 atom stereocenters. The van der Waals surface area contributed by atoms with Gasteiger partial charge in [0.25, 0.3) is 0 Å². The highest BCUT2D eigenvalue weighted by Crippen LogP contribution is 2.41. The Morgan fingerprint density at radius 3 is 2.92 bits per heavy atom. The van der Waals surface area contributed by atoms with Crippen molar-refractivity contribution in [1.82, 2.24) is 20.2 Å². The normalized spacial score (nSPS) is 28.8. The zero-order valence-corrected chi connectivity index (χ0v) is 7.71. The van der Waals surface area contributed by atoms with Gasteiger partial charge >= 0.3 is 0 Å². The lowest BCUT2D eigenvalue weighted by Crippen LogP contribution is -2.19. The third-order valence-electron chi connectivity index (χ3n) is 2.49. The van der Waals surface area contributed by atoms with E-state index in [9.17, 15) is 0 Å². The molecular weight excluding hydrogens is 170 g/mol. The summed E-state index contributed by atoms with van der Waals surface area (Å²) >= 11 is 0. The van der Waals surface area contributed by atoms with Crippen LogP contribution in [0, 0.1) is 5.92 Å². The average molecular weight is 183 g/mol. The average Bonchev–Trinajstić information content (AvgIpc) is 2.80. The van der Waals surface area contributed by atoms with E-state index in [1.54, 1.807) is 18.8 Å². The molecule has 0 spiro atoms. The first-order valence-electron chi connectivity index (χ1n) is 4.24. The third-order valence-corrected chi connectivity index (χ3v) is 2.49. The Bertz CT molecular complexity index is 299. The Kier molecular flexibility index (Phi) is 2.01. The molecule has 1 aromatic heterocycles. The van der Waals surface area contributed by atoms with Crippen LogP contribution in [0.15, 0.2) is 0 Å². The van der Waals surface area contributed by atoms with Gasteiger partial charge in [-0.3, -0.25) is 0 Å². The lowest BCUT2D eigenvalue weighted by atomic mass is 10.2. The van der Waals surface area contributed by atoms with E-state index < -0.39 is 0 Å². The number of nitrogens with zero attached hydrogens (tertiary/aromatic N) is 4. The first kappa shape index (κ1) is 8.58. The van der Waals surface area contributed by atoms with Gasteiger partial charge in [0.15, 0.2) is 5.82 Å². The maximum atomic E-state index is 5.97. The van der Waals surface area contributed by atoms with E-state index in [1.165, 1.54) is 0 Å². The van der Waals surface area contributed by atoms with Gasteiger partial charge < -0.3 is 10.5 Å². The summed E-state index contributed by atoms with van der Waals surface area (Å²) in [5.41, 5.74) is 5.97. The molecule has 1 aliphatic rings. The Labute approximate surface area is 76.1 Å². The van der Waals surface area contributed by atoms with E-state index in [1.807, 2.05) is 0 Å². The molecule has 0 amide bonds. The molecule has 0 aromatic carbocycles. The Morgan fingerprint density at radius 1 is 1.69 bits per heavy atom. The summed E-state index contributed by atoms with van der Waals surface area (Å²) in [6, 6.07) is -0.107. The molecular formula is C7H13N5O. The van der Waals surface area contributed by atoms with E-state index in [4.69, 9.17) is 10.5 Å². The van der Waals surface area contributed by atoms with Gasteiger partial charge in [-0.15, -0.1) is 5.10 Å². The number of nitrogens with two attached hydrogens (primary N) is 1. The maximum absolute atomic E-state index is 5.97. The second-order valence-electron chi connectivity index (χ2n) is 3.36. The topological polar surface area (TPSA) is 78.8 Å². The SMILES string of the molecule is COC1CC1C(N)c1nnnn1C. The van der Waals surface area contributed by atoms with Gasteiger partial charge in [-0.05, 0) is 16.8 Å². The molecule has 0 aliphatic heterocycles. The zero-order chi connectivity index (χ0) is 9.42. The summed E-state index contributed by atoms with van der Waals surface area (Å²) < 4.78 is 6.78. The summed E-state index contributed by atoms with van der Waals surface area (Å²) in [4.78, 5) is 0. The van der Waals surface area contributed by atoms with Crippen LogP contribution >= 0.6 is 0 Å². The molecule has 1 aliphatic carbocycles. The van der Waals surface area contributed by atoms with Gasteiger partial charge in [-0.2, -0.15) is 0 Å². The molecule has 0 bridgehead atoms. The van der Waals surface area contributed by atoms with Crippen LogP contribution in [0.4, 0.5) is 0 Å². The van der Waals surface area contributed by atoms with Crippen LogP contribution in [0.2, 0.25) is 0 Å². The summed E-state index contributed by atoms with van der Waals surface area (Å²) in [7, 11) is 3.49. The fraction of sp³-hybridized carbons (Fsp3) is 0.857. The molecule has 1 aromatic rings. The molecule has 2 N–H and O–H groups in total. The monoisotopic (exact) mass is 183 g/mol. The van der Waals surface area contributed by atoms with Crippen molar-refractivity contribution in [3.05, 3.63) is 5.82 Å². The Balaban J connectivity index is 2.06. The summed E-state index contributed by atoms with van der Waals surface area (Å²) in [5.74, 6) is 1.10. The van der Waals surface area contributed by atoms with Crippen molar-refractivity contribution in [3.63, 3.8) is 0 Å². The molecule has 1 saturated carbocycles. The van der Waals surface area contributed by atoms with Crippen LogP contribution in [-0.2, 0) is 11.8 Å². The van der Waals surface area contributed by atoms with Gasteiger partial charge in [0.05, 0.1) is 12.1 Å². The molecule has 0 saturated heterocycles. The minimum atomic E-state index is -0.107. The fourth-order valence-electron chi connectivity index (χ4n) is 1.55. The molecule has 3 unspecified atom stereocenters. The highest BCUT2D eigenvalue weighted by molar-refractivity contribution is 5.03. The number of tetrazole rings is 1. The molecule has 1 fully saturated rings. The summed E-state index contributed by atoms with van der Waals surface area (Å²) in [5, 5.41) is 11.1. The van der Waals surface area contributed by atoms with Crippen molar-refractivity contribution in [1.29, 1.82) is 0 Å². The van der Waals surface area contributed by atoms with Gasteiger partial charge in [0.2, 0.25) is 0 Å². The van der Waals surface area contributed by atoms with E-state index >= 15 is 0 Å². The molecule has 6 heteroatoms. The Morgan fingerprint density at radius 2 is 2.46 bits per heavy atom. The van der Waals surface area contributed by atoms with Gasteiger partial charge in [-0.1, -0.05) is 0 Å². The first-order valence-corrected chi connectivity index (χ1v) is 4.24. The molecule has 1 heterocycles. The maximum Gasteiger partial charge on any atom is 0.168 e. The van der Waals surface area contributed by atoms with Crippen molar-refractivity contribution in [2.24, 2.45) is 18.7 Å². The predicted octanol–water partition coefficient (Wildman–Crippen LogP) is -0.755. The second-order valence-corrected chi connectivity index (χ2v) is 3.36. The number of ether oxygens (including phenoxy) is 1. The van der Waals surface area contributed by atoms with E-state index in [-0.39, 0.29) is 12.1 Å². The molecule has 0 radical (unpaired) electrons. The van der Waals surface area contributed by atoms with Gasteiger partial charge in [0, 0.05) is 20.1 Å². The highest BCUT2D eigenvalue weighted by atomic mass is 16.5. The van der Waals surface area contributed by atoms with Crippen molar-refractivity contribution >= 4 is 0 Å². The molecule has 72 valence electrons. The standard InChI is InChI=1S/C7H13N5O/c1-12-7(9-10-11-12)6(8)4-3-5(4)13-2/h4-6H,3,8H2,1-2H3. The number of hydrogen-bond acceptors (Lipinski definition) is 5. The molecule has 2 rings (SSSR count). The van der Waals surface area contributed by atoms with Crippen LogP contribution in [0.5, 0.6) is 0 Å². The molecule has 13 heavy (non-hydrogen) atoms. The van der Waals surface area contributed by atoms with Gasteiger partial charge in [0.1, 0.15) is 0 Å². The number of aromatic nitrogens is 4. The number of methoxy groups -OCH3 is 1. The lowest BCUT2D eigenvalue weighted by molar-refractivity contribution is 0.164. The summed E-state index contributed by atoms with van der Waals surface area (Å²) in [6.07, 6.45) is 1.29. The zero-order valence-electron chi connectivity index (χ0n) is 7.71. The number of aryl methyl sites for hydroxylation is 1. The number of hydrogen-bond donors (Lipinski definition) is 1. The predicted molar refractivity (Wildman–Crippen MR) is 44.6 cm³/mol. The highest BCUT2D eigenvalue weighted by Gasteiger charge is 2.44. The van der Waals surface area contributed by atoms with Crippen molar-refractivity contribution < 1.29 is 4.74 Å². The second kappa shape index (κ2) is 3.04. The quantitative estimate of drug-likeness (QED) is 0.666.